The minimum atomic E-state index is -0.0406. The van der Waals surface area contributed by atoms with Crippen LogP contribution in [-0.2, 0) is 19.5 Å². The second-order valence-electron chi connectivity index (χ2n) is 6.77. The SMILES string of the molecule is COc1ccncc1CN1CCc2nc(C3=NCCCC3)[nH]c(=O)c2C1. The van der Waals surface area contributed by atoms with Crippen molar-refractivity contribution in [3.8, 4) is 5.75 Å². The third-order valence-corrected chi connectivity index (χ3v) is 5.02. The third-order valence-electron chi connectivity index (χ3n) is 5.02. The van der Waals surface area contributed by atoms with E-state index < -0.39 is 0 Å². The van der Waals surface area contributed by atoms with Crippen LogP contribution in [0.15, 0.2) is 28.2 Å². The van der Waals surface area contributed by atoms with Gasteiger partial charge in [0.25, 0.3) is 5.56 Å². The summed E-state index contributed by atoms with van der Waals surface area (Å²) in [5.41, 5.74) is 3.60. The number of pyridine rings is 1. The summed E-state index contributed by atoms with van der Waals surface area (Å²) in [6, 6.07) is 1.86. The van der Waals surface area contributed by atoms with Crippen LogP contribution in [0.2, 0.25) is 0 Å². The molecule has 0 unspecified atom stereocenters. The first kappa shape index (κ1) is 16.9. The maximum atomic E-state index is 12.6. The fourth-order valence-corrected chi connectivity index (χ4v) is 3.62. The number of nitrogens with zero attached hydrogens (tertiary/aromatic N) is 4. The van der Waals surface area contributed by atoms with Gasteiger partial charge in [-0.2, -0.15) is 0 Å². The van der Waals surface area contributed by atoms with E-state index in [-0.39, 0.29) is 5.56 Å². The molecule has 0 amide bonds. The Labute approximate surface area is 152 Å². The lowest BCUT2D eigenvalue weighted by Gasteiger charge is -2.28. The van der Waals surface area contributed by atoms with Gasteiger partial charge in [0, 0.05) is 50.6 Å². The predicted octanol–water partition coefficient (Wildman–Crippen LogP) is 1.70. The van der Waals surface area contributed by atoms with Crippen molar-refractivity contribution in [2.24, 2.45) is 4.99 Å². The Morgan fingerprint density at radius 1 is 1.31 bits per heavy atom. The van der Waals surface area contributed by atoms with Gasteiger partial charge >= 0.3 is 0 Å². The lowest BCUT2D eigenvalue weighted by atomic mass is 10.0. The van der Waals surface area contributed by atoms with Crippen LogP contribution in [-0.4, -0.2) is 45.8 Å². The zero-order valence-corrected chi connectivity index (χ0v) is 15.0. The lowest BCUT2D eigenvalue weighted by molar-refractivity contribution is 0.237. The number of nitrogens with one attached hydrogen (secondary N) is 1. The van der Waals surface area contributed by atoms with Crippen LogP contribution in [0, 0.1) is 0 Å². The summed E-state index contributed by atoms with van der Waals surface area (Å²) in [7, 11) is 1.66. The molecule has 0 spiro atoms. The van der Waals surface area contributed by atoms with Crippen molar-refractivity contribution < 1.29 is 4.74 Å². The molecule has 0 bridgehead atoms. The van der Waals surface area contributed by atoms with Gasteiger partial charge in [0.05, 0.1) is 24.1 Å². The number of aliphatic imine (C=N–C) groups is 1. The number of aromatic nitrogens is 3. The number of hydrogen-bond donors (Lipinski definition) is 1. The monoisotopic (exact) mass is 353 g/mol. The number of rotatable bonds is 4. The Kier molecular flexibility index (Phi) is 4.79. The topological polar surface area (TPSA) is 83.5 Å². The van der Waals surface area contributed by atoms with Crippen molar-refractivity contribution >= 4 is 5.71 Å². The quantitative estimate of drug-likeness (QED) is 0.905. The predicted molar refractivity (Wildman–Crippen MR) is 98.7 cm³/mol. The number of H-pyrrole nitrogens is 1. The van der Waals surface area contributed by atoms with Crippen LogP contribution in [0.3, 0.4) is 0 Å². The molecule has 0 aromatic carbocycles. The van der Waals surface area contributed by atoms with E-state index in [4.69, 9.17) is 9.72 Å². The normalized spacial score (nSPS) is 17.5. The summed E-state index contributed by atoms with van der Waals surface area (Å²) in [4.78, 5) is 31.3. The first-order valence-corrected chi connectivity index (χ1v) is 9.09. The van der Waals surface area contributed by atoms with Gasteiger partial charge in [-0.1, -0.05) is 0 Å². The molecule has 0 radical (unpaired) electrons. The summed E-state index contributed by atoms with van der Waals surface area (Å²) in [6.45, 7) is 2.97. The van der Waals surface area contributed by atoms with Gasteiger partial charge in [0.15, 0.2) is 5.82 Å². The molecule has 0 atom stereocenters. The van der Waals surface area contributed by atoms with Crippen LogP contribution in [0.25, 0.3) is 0 Å². The zero-order valence-electron chi connectivity index (χ0n) is 15.0. The molecule has 2 aromatic rings. The van der Waals surface area contributed by atoms with E-state index in [1.54, 1.807) is 13.3 Å². The van der Waals surface area contributed by atoms with E-state index >= 15 is 0 Å². The van der Waals surface area contributed by atoms with E-state index in [1.165, 1.54) is 0 Å². The Morgan fingerprint density at radius 2 is 2.23 bits per heavy atom. The lowest BCUT2D eigenvalue weighted by Crippen LogP contribution is -2.36. The first-order chi connectivity index (χ1) is 12.7. The second kappa shape index (κ2) is 7.37. The van der Waals surface area contributed by atoms with Gasteiger partial charge in [-0.05, 0) is 25.3 Å². The van der Waals surface area contributed by atoms with Crippen LogP contribution >= 0.6 is 0 Å². The maximum absolute atomic E-state index is 12.6. The largest absolute Gasteiger partial charge is 0.496 e. The van der Waals surface area contributed by atoms with Gasteiger partial charge in [-0.3, -0.25) is 19.7 Å². The molecule has 7 heteroatoms. The summed E-state index contributed by atoms with van der Waals surface area (Å²) in [5, 5.41) is 0. The number of hydrogen-bond acceptors (Lipinski definition) is 6. The summed E-state index contributed by atoms with van der Waals surface area (Å²) in [6.07, 6.45) is 7.43. The molecule has 0 fully saturated rings. The van der Waals surface area contributed by atoms with Crippen molar-refractivity contribution in [1.29, 1.82) is 0 Å². The summed E-state index contributed by atoms with van der Waals surface area (Å²) >= 11 is 0. The van der Waals surface area contributed by atoms with Gasteiger partial charge < -0.3 is 9.72 Å². The molecule has 2 aliphatic rings. The van der Waals surface area contributed by atoms with Gasteiger partial charge in [-0.15, -0.1) is 0 Å². The van der Waals surface area contributed by atoms with E-state index in [2.05, 4.69) is 19.9 Å². The van der Waals surface area contributed by atoms with E-state index in [0.29, 0.717) is 18.9 Å². The second-order valence-corrected chi connectivity index (χ2v) is 6.77. The molecule has 2 aromatic heterocycles. The average molecular weight is 353 g/mol. The van der Waals surface area contributed by atoms with Crippen LogP contribution < -0.4 is 10.3 Å². The Hall–Kier alpha value is -2.54. The highest BCUT2D eigenvalue weighted by atomic mass is 16.5. The minimum absolute atomic E-state index is 0.0406. The molecule has 1 N–H and O–H groups in total. The number of fused-ring (bicyclic) bond motifs is 1. The highest BCUT2D eigenvalue weighted by molar-refractivity contribution is 5.97. The Bertz CT molecular complexity index is 890. The summed E-state index contributed by atoms with van der Waals surface area (Å²) in [5.74, 6) is 1.49. The molecule has 136 valence electrons. The molecular weight excluding hydrogens is 330 g/mol. The van der Waals surface area contributed by atoms with Gasteiger partial charge in [-0.25, -0.2) is 4.98 Å². The van der Waals surface area contributed by atoms with Gasteiger partial charge in [0.1, 0.15) is 5.75 Å². The number of aromatic amines is 1. The minimum Gasteiger partial charge on any atom is -0.496 e. The third kappa shape index (κ3) is 3.39. The van der Waals surface area contributed by atoms with Crippen molar-refractivity contribution in [3.05, 3.63) is 51.5 Å². The number of methoxy groups -OCH3 is 1. The molecule has 0 saturated carbocycles. The Morgan fingerprint density at radius 3 is 3.04 bits per heavy atom. The molecule has 0 aliphatic carbocycles. The first-order valence-electron chi connectivity index (χ1n) is 9.09. The Balaban J connectivity index is 1.55. The standard InChI is InChI=1S/C19H23N5O2/c1-26-17-5-8-20-10-13(17)11-24-9-6-15-14(12-24)19(25)23-18(22-15)16-4-2-3-7-21-16/h5,8,10H,2-4,6-7,9,11-12H2,1H3,(H,22,23,25). The summed E-state index contributed by atoms with van der Waals surface area (Å²) < 4.78 is 5.40. The molecule has 26 heavy (non-hydrogen) atoms. The van der Waals surface area contributed by atoms with Crippen molar-refractivity contribution in [1.82, 2.24) is 19.9 Å². The van der Waals surface area contributed by atoms with Crippen LogP contribution in [0.4, 0.5) is 0 Å². The molecule has 2 aliphatic heterocycles. The average Bonchev–Trinajstić information content (AvgIpc) is 2.69. The van der Waals surface area contributed by atoms with E-state index in [0.717, 1.165) is 67.1 Å². The highest BCUT2D eigenvalue weighted by Crippen LogP contribution is 2.22. The smallest absolute Gasteiger partial charge is 0.255 e. The van der Waals surface area contributed by atoms with Crippen molar-refractivity contribution in [2.75, 3.05) is 20.2 Å². The maximum Gasteiger partial charge on any atom is 0.255 e. The number of ether oxygens (including phenoxy) is 1. The molecule has 4 rings (SSSR count). The van der Waals surface area contributed by atoms with Gasteiger partial charge in [0.2, 0.25) is 0 Å². The van der Waals surface area contributed by atoms with Crippen LogP contribution in [0.5, 0.6) is 5.75 Å². The van der Waals surface area contributed by atoms with E-state index in [9.17, 15) is 4.79 Å². The van der Waals surface area contributed by atoms with E-state index in [1.807, 2.05) is 12.3 Å². The molecular formula is C19H23N5O2. The van der Waals surface area contributed by atoms with Crippen molar-refractivity contribution in [2.45, 2.75) is 38.8 Å². The molecule has 0 saturated heterocycles. The van der Waals surface area contributed by atoms with Crippen LogP contribution in [0.1, 0.15) is 41.9 Å². The van der Waals surface area contributed by atoms with Crippen molar-refractivity contribution in [3.63, 3.8) is 0 Å². The molecule has 7 nitrogen and oxygen atoms in total. The zero-order chi connectivity index (χ0) is 17.9. The molecule has 4 heterocycles. The fraction of sp³-hybridized carbons (Fsp3) is 0.474. The fourth-order valence-electron chi connectivity index (χ4n) is 3.62. The highest BCUT2D eigenvalue weighted by Gasteiger charge is 2.23.